The number of carbonyl (C=O) groups is 1. The van der Waals surface area contributed by atoms with Gasteiger partial charge in [-0.1, -0.05) is 12.1 Å². The van der Waals surface area contributed by atoms with E-state index in [9.17, 15) is 9.59 Å². The summed E-state index contributed by atoms with van der Waals surface area (Å²) < 4.78 is 5.16. The van der Waals surface area contributed by atoms with Crippen LogP contribution in [-0.4, -0.2) is 27.5 Å². The molecule has 3 heterocycles. The van der Waals surface area contributed by atoms with Gasteiger partial charge in [0.15, 0.2) is 0 Å². The second-order valence-corrected chi connectivity index (χ2v) is 6.67. The number of esters is 1. The van der Waals surface area contributed by atoms with Crippen molar-refractivity contribution in [1.29, 1.82) is 0 Å². The van der Waals surface area contributed by atoms with Gasteiger partial charge in [-0.3, -0.25) is 4.79 Å². The van der Waals surface area contributed by atoms with E-state index in [-0.39, 0.29) is 12.2 Å². The summed E-state index contributed by atoms with van der Waals surface area (Å²) >= 11 is 0. The molecule has 0 spiro atoms. The molecule has 0 aliphatic rings. The van der Waals surface area contributed by atoms with Gasteiger partial charge in [0.05, 0.1) is 12.2 Å². The first-order valence-corrected chi connectivity index (χ1v) is 9.07. The van der Waals surface area contributed by atoms with Gasteiger partial charge in [-0.25, -0.2) is 4.79 Å². The van der Waals surface area contributed by atoms with E-state index in [0.717, 1.165) is 27.4 Å². The quantitative estimate of drug-likeness (QED) is 0.412. The van der Waals surface area contributed by atoms with Crippen LogP contribution in [0.5, 0.6) is 0 Å². The fraction of sp³-hybridized carbons (Fsp3) is 0.0909. The Morgan fingerprint density at radius 3 is 2.61 bits per heavy atom. The molecule has 0 unspecified atom stereocenters. The van der Waals surface area contributed by atoms with E-state index in [1.807, 2.05) is 42.6 Å². The number of hydrogen-bond donors (Lipinski definition) is 3. The van der Waals surface area contributed by atoms with E-state index < -0.39 is 5.97 Å². The van der Waals surface area contributed by atoms with Crippen LogP contribution in [0.25, 0.3) is 43.8 Å². The van der Waals surface area contributed by atoms with Gasteiger partial charge in [0.2, 0.25) is 0 Å². The fourth-order valence-corrected chi connectivity index (χ4v) is 3.71. The number of ether oxygens (including phenoxy) is 1. The van der Waals surface area contributed by atoms with Crippen molar-refractivity contribution in [3.05, 3.63) is 70.8 Å². The van der Waals surface area contributed by atoms with Crippen LogP contribution in [-0.2, 0) is 4.74 Å². The van der Waals surface area contributed by atoms with Crippen LogP contribution in [0.1, 0.15) is 17.3 Å². The van der Waals surface area contributed by atoms with Gasteiger partial charge >= 0.3 is 5.97 Å². The SMILES string of the molecule is CCOC(=O)c1c[nH]c2c(=O)[nH]c3ccc(-c4ccc5[nH]ccc5c4)cc3c12. The monoisotopic (exact) mass is 371 g/mol. The Balaban J connectivity index is 1.78. The maximum absolute atomic E-state index is 12.4. The van der Waals surface area contributed by atoms with Crippen molar-refractivity contribution >= 4 is 38.7 Å². The maximum atomic E-state index is 12.4. The summed E-state index contributed by atoms with van der Waals surface area (Å²) in [6.07, 6.45) is 3.45. The highest BCUT2D eigenvalue weighted by Gasteiger charge is 2.18. The molecule has 6 heteroatoms. The summed E-state index contributed by atoms with van der Waals surface area (Å²) in [6, 6.07) is 14.1. The Morgan fingerprint density at radius 2 is 1.79 bits per heavy atom. The molecular weight excluding hydrogens is 354 g/mol. The molecule has 28 heavy (non-hydrogen) atoms. The lowest BCUT2D eigenvalue weighted by Gasteiger charge is -2.07. The number of rotatable bonds is 3. The highest BCUT2D eigenvalue weighted by molar-refractivity contribution is 6.15. The molecule has 2 aromatic carbocycles. The van der Waals surface area contributed by atoms with Crippen LogP contribution in [0.3, 0.4) is 0 Å². The van der Waals surface area contributed by atoms with Gasteiger partial charge in [0.1, 0.15) is 5.52 Å². The molecule has 0 saturated heterocycles. The first-order valence-electron chi connectivity index (χ1n) is 9.07. The lowest BCUT2D eigenvalue weighted by Crippen LogP contribution is -2.08. The smallest absolute Gasteiger partial charge is 0.340 e. The third-order valence-corrected chi connectivity index (χ3v) is 5.03. The molecule has 5 rings (SSSR count). The number of aromatic amines is 3. The Morgan fingerprint density at radius 1 is 1.00 bits per heavy atom. The highest BCUT2D eigenvalue weighted by Crippen LogP contribution is 2.31. The molecule has 3 aromatic heterocycles. The molecule has 0 radical (unpaired) electrons. The molecule has 0 aliphatic carbocycles. The van der Waals surface area contributed by atoms with Gasteiger partial charge in [0.25, 0.3) is 5.56 Å². The first kappa shape index (κ1) is 16.4. The van der Waals surface area contributed by atoms with Gasteiger partial charge in [-0.15, -0.1) is 0 Å². The third kappa shape index (κ3) is 2.42. The minimum Gasteiger partial charge on any atom is -0.462 e. The zero-order valence-corrected chi connectivity index (χ0v) is 15.1. The number of pyridine rings is 1. The van der Waals surface area contributed by atoms with Crippen LogP contribution in [0, 0.1) is 0 Å². The molecule has 0 aliphatic heterocycles. The predicted molar refractivity (Wildman–Crippen MR) is 110 cm³/mol. The molecule has 138 valence electrons. The van der Waals surface area contributed by atoms with E-state index >= 15 is 0 Å². The summed E-state index contributed by atoms with van der Waals surface area (Å²) in [4.78, 5) is 33.8. The second kappa shape index (κ2) is 6.13. The molecule has 0 fully saturated rings. The van der Waals surface area contributed by atoms with Crippen LogP contribution >= 0.6 is 0 Å². The molecule has 6 nitrogen and oxygen atoms in total. The predicted octanol–water partition coefficient (Wildman–Crippen LogP) is 4.33. The van der Waals surface area contributed by atoms with Crippen molar-refractivity contribution in [3.63, 3.8) is 0 Å². The lowest BCUT2D eigenvalue weighted by atomic mass is 9.99. The maximum Gasteiger partial charge on any atom is 0.340 e. The lowest BCUT2D eigenvalue weighted by molar-refractivity contribution is 0.0529. The fourth-order valence-electron chi connectivity index (χ4n) is 3.71. The second-order valence-electron chi connectivity index (χ2n) is 6.67. The molecule has 0 bridgehead atoms. The summed E-state index contributed by atoms with van der Waals surface area (Å²) in [5, 5.41) is 2.51. The topological polar surface area (TPSA) is 90.7 Å². The third-order valence-electron chi connectivity index (χ3n) is 5.03. The van der Waals surface area contributed by atoms with Crippen molar-refractivity contribution in [1.82, 2.24) is 15.0 Å². The van der Waals surface area contributed by atoms with E-state index in [4.69, 9.17) is 4.74 Å². The molecule has 3 N–H and O–H groups in total. The number of benzene rings is 2. The van der Waals surface area contributed by atoms with Gasteiger partial charge < -0.3 is 19.7 Å². The van der Waals surface area contributed by atoms with Crippen LogP contribution < -0.4 is 5.56 Å². The molecule has 5 aromatic rings. The number of hydrogen-bond acceptors (Lipinski definition) is 3. The minimum absolute atomic E-state index is 0.264. The Kier molecular flexibility index (Phi) is 3.58. The van der Waals surface area contributed by atoms with Crippen molar-refractivity contribution in [3.8, 4) is 11.1 Å². The van der Waals surface area contributed by atoms with Gasteiger partial charge in [0, 0.05) is 34.2 Å². The summed E-state index contributed by atoms with van der Waals surface area (Å²) in [5.74, 6) is -0.445. The minimum atomic E-state index is -0.445. The summed E-state index contributed by atoms with van der Waals surface area (Å²) in [5.41, 5.74) is 4.28. The van der Waals surface area contributed by atoms with Gasteiger partial charge in [-0.2, -0.15) is 0 Å². The van der Waals surface area contributed by atoms with Crippen molar-refractivity contribution in [2.75, 3.05) is 6.61 Å². The first-order chi connectivity index (χ1) is 13.7. The van der Waals surface area contributed by atoms with Crippen LogP contribution in [0.15, 0.2) is 59.7 Å². The number of nitrogens with one attached hydrogen (secondary N) is 3. The average Bonchev–Trinajstić information content (AvgIpc) is 3.35. The zero-order valence-electron chi connectivity index (χ0n) is 15.1. The van der Waals surface area contributed by atoms with Crippen molar-refractivity contribution in [2.24, 2.45) is 0 Å². The molecule has 0 amide bonds. The summed E-state index contributed by atoms with van der Waals surface area (Å²) in [6.45, 7) is 2.03. The Bertz CT molecular complexity index is 1420. The largest absolute Gasteiger partial charge is 0.462 e. The number of fused-ring (bicyclic) bond motifs is 4. The molecule has 0 atom stereocenters. The highest BCUT2D eigenvalue weighted by atomic mass is 16.5. The molecular formula is C22H17N3O3. The number of aromatic nitrogens is 3. The number of H-pyrrole nitrogens is 3. The Hall–Kier alpha value is -3.80. The molecule has 0 saturated carbocycles. The van der Waals surface area contributed by atoms with E-state index in [1.54, 1.807) is 6.92 Å². The van der Waals surface area contributed by atoms with Crippen molar-refractivity contribution in [2.45, 2.75) is 6.92 Å². The van der Waals surface area contributed by atoms with Crippen LogP contribution in [0.2, 0.25) is 0 Å². The van der Waals surface area contributed by atoms with Gasteiger partial charge in [-0.05, 0) is 53.8 Å². The Labute approximate surface area is 159 Å². The normalized spacial score (nSPS) is 11.5. The van der Waals surface area contributed by atoms with E-state index in [2.05, 4.69) is 21.0 Å². The van der Waals surface area contributed by atoms with E-state index in [0.29, 0.717) is 22.0 Å². The number of carbonyl (C=O) groups excluding carboxylic acids is 1. The average molecular weight is 371 g/mol. The zero-order chi connectivity index (χ0) is 19.3. The van der Waals surface area contributed by atoms with E-state index in [1.165, 1.54) is 6.20 Å². The van der Waals surface area contributed by atoms with Crippen molar-refractivity contribution < 1.29 is 9.53 Å². The summed E-state index contributed by atoms with van der Waals surface area (Å²) in [7, 11) is 0. The van der Waals surface area contributed by atoms with Crippen LogP contribution in [0.4, 0.5) is 0 Å². The standard InChI is InChI=1S/C22H17N3O3/c1-2-28-22(27)16-11-24-20-19(16)15-10-13(4-6-18(15)25-21(20)26)12-3-5-17-14(9-12)7-8-23-17/h3-11,23-24H,2H2,1H3,(H,25,26).